The quantitative estimate of drug-likeness (QED) is 0.576. The lowest BCUT2D eigenvalue weighted by Crippen LogP contribution is -2.31. The first-order chi connectivity index (χ1) is 14.6. The molecule has 154 valence electrons. The molecule has 1 atom stereocenters. The van der Waals surface area contributed by atoms with Crippen molar-refractivity contribution >= 4 is 27.5 Å². The molecule has 6 nitrogen and oxygen atoms in total. The molecule has 0 saturated heterocycles. The summed E-state index contributed by atoms with van der Waals surface area (Å²) < 4.78 is 8.17. The second kappa shape index (κ2) is 8.85. The summed E-state index contributed by atoms with van der Waals surface area (Å²) in [6.07, 6.45) is 3.23. The highest BCUT2D eigenvalue weighted by Crippen LogP contribution is 2.38. The number of amides is 1. The van der Waals surface area contributed by atoms with E-state index < -0.39 is 5.91 Å². The molecule has 0 saturated carbocycles. The van der Waals surface area contributed by atoms with Crippen LogP contribution in [-0.2, 0) is 6.42 Å². The molecule has 4 rings (SSSR count). The van der Waals surface area contributed by atoms with Crippen molar-refractivity contribution in [3.63, 3.8) is 0 Å². The number of aliphatic hydroxyl groups excluding tert-OH is 1. The van der Waals surface area contributed by atoms with Gasteiger partial charge in [0.25, 0.3) is 11.5 Å². The molecule has 1 unspecified atom stereocenters. The van der Waals surface area contributed by atoms with Gasteiger partial charge in [-0.15, -0.1) is 0 Å². The fourth-order valence-electron chi connectivity index (χ4n) is 3.84. The largest absolute Gasteiger partial charge is 0.491 e. The van der Waals surface area contributed by atoms with E-state index >= 15 is 0 Å². The predicted molar refractivity (Wildman–Crippen MR) is 118 cm³/mol. The zero-order valence-electron chi connectivity index (χ0n) is 16.2. The van der Waals surface area contributed by atoms with E-state index in [0.29, 0.717) is 5.69 Å². The third-order valence-electron chi connectivity index (χ3n) is 5.20. The maximum atomic E-state index is 13.1. The van der Waals surface area contributed by atoms with Crippen LogP contribution in [0.3, 0.4) is 0 Å². The molecule has 2 aromatic carbocycles. The van der Waals surface area contributed by atoms with Crippen LogP contribution >= 0.6 is 15.9 Å². The average Bonchev–Trinajstić information content (AvgIpc) is 3.18. The van der Waals surface area contributed by atoms with Crippen molar-refractivity contribution in [2.24, 2.45) is 0 Å². The molecule has 30 heavy (non-hydrogen) atoms. The number of benzene rings is 2. The van der Waals surface area contributed by atoms with Crippen molar-refractivity contribution in [2.75, 3.05) is 18.5 Å². The van der Waals surface area contributed by atoms with Gasteiger partial charge in [0, 0.05) is 16.4 Å². The lowest BCUT2D eigenvalue weighted by atomic mass is 10.1. The van der Waals surface area contributed by atoms with E-state index in [9.17, 15) is 9.59 Å². The Balaban J connectivity index is 1.63. The van der Waals surface area contributed by atoms with Crippen LogP contribution in [0.2, 0.25) is 0 Å². The lowest BCUT2D eigenvalue weighted by molar-refractivity contribution is 0.102. The zero-order chi connectivity index (χ0) is 21.1. The Bertz CT molecular complexity index is 1120. The highest BCUT2D eigenvalue weighted by atomic mass is 79.9. The van der Waals surface area contributed by atoms with Gasteiger partial charge in [-0.2, -0.15) is 0 Å². The Morgan fingerprint density at radius 3 is 2.73 bits per heavy atom. The number of anilines is 1. The minimum Gasteiger partial charge on any atom is -0.491 e. The average molecular weight is 469 g/mol. The first kappa shape index (κ1) is 20.4. The maximum Gasteiger partial charge on any atom is 0.263 e. The van der Waals surface area contributed by atoms with Crippen LogP contribution in [-0.4, -0.2) is 28.8 Å². The normalized spacial score (nSPS) is 14.9. The van der Waals surface area contributed by atoms with Gasteiger partial charge in [-0.05, 0) is 66.4 Å². The first-order valence-electron chi connectivity index (χ1n) is 9.72. The van der Waals surface area contributed by atoms with E-state index in [0.717, 1.165) is 34.2 Å². The summed E-state index contributed by atoms with van der Waals surface area (Å²) in [6.45, 7) is 0.175. The predicted octanol–water partition coefficient (Wildman–Crippen LogP) is 3.77. The molecule has 1 aliphatic carbocycles. The van der Waals surface area contributed by atoms with Crippen molar-refractivity contribution in [3.05, 3.63) is 92.3 Å². The number of fused-ring (bicyclic) bond motifs is 1. The van der Waals surface area contributed by atoms with Gasteiger partial charge in [-0.3, -0.25) is 9.59 Å². The summed E-state index contributed by atoms with van der Waals surface area (Å²) in [5, 5.41) is 11.8. The van der Waals surface area contributed by atoms with E-state index in [1.165, 1.54) is 0 Å². The van der Waals surface area contributed by atoms with Gasteiger partial charge in [-0.25, -0.2) is 0 Å². The molecule has 0 aliphatic heterocycles. The smallest absolute Gasteiger partial charge is 0.263 e. The second-order valence-corrected chi connectivity index (χ2v) is 7.96. The third kappa shape index (κ3) is 4.04. The van der Waals surface area contributed by atoms with Crippen LogP contribution < -0.4 is 15.6 Å². The van der Waals surface area contributed by atoms with Gasteiger partial charge in [0.05, 0.1) is 12.6 Å². The van der Waals surface area contributed by atoms with Gasteiger partial charge >= 0.3 is 0 Å². The highest BCUT2D eigenvalue weighted by Gasteiger charge is 2.28. The van der Waals surface area contributed by atoms with Crippen LogP contribution in [0.15, 0.2) is 70.1 Å². The third-order valence-corrected chi connectivity index (χ3v) is 5.73. The molecule has 0 spiro atoms. The topological polar surface area (TPSA) is 80.6 Å². The molecule has 0 fully saturated rings. The van der Waals surface area contributed by atoms with E-state index in [1.54, 1.807) is 35.0 Å². The number of halogens is 1. The number of hydrogen-bond acceptors (Lipinski definition) is 4. The van der Waals surface area contributed by atoms with Gasteiger partial charge in [0.2, 0.25) is 0 Å². The van der Waals surface area contributed by atoms with Crippen molar-refractivity contribution in [2.45, 2.75) is 18.9 Å². The lowest BCUT2D eigenvalue weighted by Gasteiger charge is -2.17. The Morgan fingerprint density at radius 2 is 1.97 bits per heavy atom. The molecule has 0 bridgehead atoms. The number of aromatic nitrogens is 1. The van der Waals surface area contributed by atoms with Crippen LogP contribution in [0.5, 0.6) is 5.75 Å². The number of ether oxygens (including phenoxy) is 1. The zero-order valence-corrected chi connectivity index (χ0v) is 17.8. The Hall–Kier alpha value is -2.90. The first-order valence-corrected chi connectivity index (χ1v) is 10.5. The summed E-state index contributed by atoms with van der Waals surface area (Å²) >= 11 is 3.36. The molecule has 7 heteroatoms. The Labute approximate surface area is 182 Å². The molecule has 2 N–H and O–H groups in total. The second-order valence-electron chi connectivity index (χ2n) is 7.05. The molecule has 1 heterocycles. The number of aliphatic hydroxyl groups is 1. The SMILES string of the molecule is O=C(Nc1ccc(Br)cc1)c1cccn(C2CCc3c(OCCO)cccc32)c1=O. The number of nitrogens with one attached hydrogen (secondary N) is 1. The summed E-state index contributed by atoms with van der Waals surface area (Å²) in [6, 6.07) is 16.0. The maximum absolute atomic E-state index is 13.1. The number of carbonyl (C=O) groups excluding carboxylic acids is 1. The van der Waals surface area contributed by atoms with E-state index in [-0.39, 0.29) is 30.4 Å². The summed E-state index contributed by atoms with van der Waals surface area (Å²) in [5.74, 6) is 0.302. The van der Waals surface area contributed by atoms with Crippen molar-refractivity contribution in [3.8, 4) is 5.75 Å². The van der Waals surface area contributed by atoms with Crippen LogP contribution in [0, 0.1) is 0 Å². The number of nitrogens with zero attached hydrogens (tertiary/aromatic N) is 1. The standard InChI is InChI=1S/C23H21BrN2O4/c24-15-6-8-16(9-7-15)25-22(28)19-4-2-12-26(23(19)29)20-11-10-18-17(20)3-1-5-21(18)30-14-13-27/h1-9,12,20,27H,10-11,13-14H2,(H,25,28). The summed E-state index contributed by atoms with van der Waals surface area (Å²) in [5.41, 5.74) is 2.45. The van der Waals surface area contributed by atoms with Crippen LogP contribution in [0.1, 0.15) is 33.9 Å². The van der Waals surface area contributed by atoms with Gasteiger partial charge in [0.15, 0.2) is 0 Å². The Kier molecular flexibility index (Phi) is 6.01. The van der Waals surface area contributed by atoms with Crippen molar-refractivity contribution in [1.82, 2.24) is 4.57 Å². The van der Waals surface area contributed by atoms with E-state index in [2.05, 4.69) is 21.2 Å². The fraction of sp³-hybridized carbons (Fsp3) is 0.217. The number of pyridine rings is 1. The van der Waals surface area contributed by atoms with Gasteiger partial charge in [-0.1, -0.05) is 28.1 Å². The molecule has 1 amide bonds. The monoisotopic (exact) mass is 468 g/mol. The number of carbonyl (C=O) groups is 1. The molecule has 1 aliphatic rings. The highest BCUT2D eigenvalue weighted by molar-refractivity contribution is 9.10. The van der Waals surface area contributed by atoms with Crippen LogP contribution in [0.25, 0.3) is 0 Å². The van der Waals surface area contributed by atoms with Gasteiger partial charge < -0.3 is 19.7 Å². The molecule has 3 aromatic rings. The summed E-state index contributed by atoms with van der Waals surface area (Å²) in [4.78, 5) is 25.9. The van der Waals surface area contributed by atoms with E-state index in [4.69, 9.17) is 9.84 Å². The van der Waals surface area contributed by atoms with Crippen molar-refractivity contribution in [1.29, 1.82) is 0 Å². The molecular formula is C23H21BrN2O4. The van der Waals surface area contributed by atoms with Crippen LogP contribution in [0.4, 0.5) is 5.69 Å². The molecule has 1 aromatic heterocycles. The minimum absolute atomic E-state index is 0.0535. The number of rotatable bonds is 6. The van der Waals surface area contributed by atoms with Gasteiger partial charge in [0.1, 0.15) is 17.9 Å². The van der Waals surface area contributed by atoms with E-state index in [1.807, 2.05) is 30.3 Å². The molecule has 0 radical (unpaired) electrons. The number of hydrogen-bond donors (Lipinski definition) is 2. The summed E-state index contributed by atoms with van der Waals surface area (Å²) in [7, 11) is 0. The fourth-order valence-corrected chi connectivity index (χ4v) is 4.10. The minimum atomic E-state index is -0.435. The van der Waals surface area contributed by atoms with Crippen molar-refractivity contribution < 1.29 is 14.6 Å². The molecular weight excluding hydrogens is 448 g/mol. The Morgan fingerprint density at radius 1 is 1.17 bits per heavy atom.